The average Bonchev–Trinajstić information content (AvgIpc) is 3.21. The van der Waals surface area contributed by atoms with E-state index in [-0.39, 0.29) is 22.9 Å². The average molecular weight is 411 g/mol. The van der Waals surface area contributed by atoms with E-state index in [1.165, 1.54) is 18.5 Å². The van der Waals surface area contributed by atoms with E-state index in [0.29, 0.717) is 23.9 Å². The number of anilines is 2. The fourth-order valence-electron chi connectivity index (χ4n) is 3.29. The lowest BCUT2D eigenvalue weighted by atomic mass is 10.0. The van der Waals surface area contributed by atoms with E-state index in [4.69, 9.17) is 10.00 Å². The Bertz CT molecular complexity index is 1060. The quantitative estimate of drug-likeness (QED) is 0.571. The molecule has 1 atom stereocenters. The van der Waals surface area contributed by atoms with Gasteiger partial charge >= 0.3 is 0 Å². The number of halogens is 2. The lowest BCUT2D eigenvalue weighted by Crippen LogP contribution is -2.33. The maximum atomic E-state index is 14.6. The van der Waals surface area contributed by atoms with Crippen LogP contribution < -0.4 is 15.4 Å². The minimum absolute atomic E-state index is 0.103. The zero-order chi connectivity index (χ0) is 20.9. The molecule has 2 aromatic heterocycles. The van der Waals surface area contributed by atoms with Crippen LogP contribution in [-0.4, -0.2) is 39.9 Å². The molecule has 0 spiro atoms. The molecule has 1 aliphatic heterocycles. The fraction of sp³-hybridized carbons (Fsp3) is 0.300. The van der Waals surface area contributed by atoms with Gasteiger partial charge in [0.05, 0.1) is 30.3 Å². The minimum Gasteiger partial charge on any atom is -0.492 e. The third-order valence-electron chi connectivity index (χ3n) is 4.76. The zero-order valence-electron chi connectivity index (χ0n) is 16.0. The molecule has 30 heavy (non-hydrogen) atoms. The first-order valence-corrected chi connectivity index (χ1v) is 9.50. The summed E-state index contributed by atoms with van der Waals surface area (Å²) < 4.78 is 34.3. The van der Waals surface area contributed by atoms with Gasteiger partial charge in [0, 0.05) is 30.7 Å². The van der Waals surface area contributed by atoms with Gasteiger partial charge in [-0.2, -0.15) is 10.4 Å². The molecule has 0 bridgehead atoms. The van der Waals surface area contributed by atoms with Crippen molar-refractivity contribution in [2.45, 2.75) is 12.8 Å². The highest BCUT2D eigenvalue weighted by molar-refractivity contribution is 5.71. The molecule has 0 amide bonds. The van der Waals surface area contributed by atoms with E-state index in [2.05, 4.69) is 30.8 Å². The first-order valence-electron chi connectivity index (χ1n) is 9.50. The molecule has 1 saturated heterocycles. The van der Waals surface area contributed by atoms with E-state index in [9.17, 15) is 8.78 Å². The SMILES string of the molecule is N#Cc1cnc(Nc2cc(-c3c(F)cc(F)cc3OC[C@H]3CCCNC3)[nH]n2)cn1. The number of benzene rings is 1. The highest BCUT2D eigenvalue weighted by Gasteiger charge is 2.20. The molecule has 8 nitrogen and oxygen atoms in total. The molecule has 3 N–H and O–H groups in total. The summed E-state index contributed by atoms with van der Waals surface area (Å²) in [6.45, 7) is 2.16. The van der Waals surface area contributed by atoms with E-state index in [1.807, 2.05) is 6.07 Å². The summed E-state index contributed by atoms with van der Waals surface area (Å²) in [4.78, 5) is 7.96. The molecule has 1 aromatic carbocycles. The molecular weight excluding hydrogens is 392 g/mol. The molecule has 0 radical (unpaired) electrons. The number of hydrogen-bond donors (Lipinski definition) is 3. The van der Waals surface area contributed by atoms with Crippen molar-refractivity contribution < 1.29 is 13.5 Å². The van der Waals surface area contributed by atoms with Crippen LogP contribution in [0.15, 0.2) is 30.6 Å². The predicted molar refractivity (Wildman–Crippen MR) is 105 cm³/mol. The number of rotatable bonds is 6. The first-order chi connectivity index (χ1) is 14.6. The predicted octanol–water partition coefficient (Wildman–Crippen LogP) is 3.14. The summed E-state index contributed by atoms with van der Waals surface area (Å²) in [5.41, 5.74) is 0.617. The number of nitrogens with one attached hydrogen (secondary N) is 3. The van der Waals surface area contributed by atoms with E-state index >= 15 is 0 Å². The second-order valence-corrected chi connectivity index (χ2v) is 6.97. The monoisotopic (exact) mass is 411 g/mol. The van der Waals surface area contributed by atoms with Gasteiger partial charge in [0.2, 0.25) is 0 Å². The van der Waals surface area contributed by atoms with Crippen LogP contribution in [0.1, 0.15) is 18.5 Å². The van der Waals surface area contributed by atoms with Crippen molar-refractivity contribution in [3.63, 3.8) is 0 Å². The van der Waals surface area contributed by atoms with Crippen LogP contribution in [0, 0.1) is 28.9 Å². The third kappa shape index (κ3) is 4.52. The summed E-state index contributed by atoms with van der Waals surface area (Å²) in [6.07, 6.45) is 4.76. The normalized spacial score (nSPS) is 16.1. The summed E-state index contributed by atoms with van der Waals surface area (Å²) in [5, 5.41) is 21.8. The van der Waals surface area contributed by atoms with E-state index in [1.54, 1.807) is 6.07 Å². The van der Waals surface area contributed by atoms with Crippen molar-refractivity contribution in [2.24, 2.45) is 5.92 Å². The first kappa shape index (κ1) is 19.7. The highest BCUT2D eigenvalue weighted by atomic mass is 19.1. The van der Waals surface area contributed by atoms with Crippen LogP contribution >= 0.6 is 0 Å². The fourth-order valence-corrected chi connectivity index (χ4v) is 3.29. The Balaban J connectivity index is 1.54. The molecule has 0 aliphatic carbocycles. The Hall–Kier alpha value is -3.58. The van der Waals surface area contributed by atoms with Gasteiger partial charge in [0.1, 0.15) is 29.3 Å². The van der Waals surface area contributed by atoms with Crippen molar-refractivity contribution in [3.8, 4) is 23.1 Å². The summed E-state index contributed by atoms with van der Waals surface area (Å²) in [7, 11) is 0. The molecule has 1 fully saturated rings. The molecule has 154 valence electrons. The highest BCUT2D eigenvalue weighted by Crippen LogP contribution is 2.34. The van der Waals surface area contributed by atoms with Crippen molar-refractivity contribution in [2.75, 3.05) is 25.0 Å². The van der Waals surface area contributed by atoms with Gasteiger partial charge in [-0.05, 0) is 19.4 Å². The largest absolute Gasteiger partial charge is 0.492 e. The van der Waals surface area contributed by atoms with E-state index in [0.717, 1.165) is 32.0 Å². The summed E-state index contributed by atoms with van der Waals surface area (Å²) in [5.74, 6) is -0.333. The van der Waals surface area contributed by atoms with Crippen molar-refractivity contribution >= 4 is 11.6 Å². The van der Waals surface area contributed by atoms with Crippen LogP contribution in [-0.2, 0) is 0 Å². The number of aromatic amines is 1. The Labute approximate surface area is 171 Å². The van der Waals surface area contributed by atoms with Gasteiger partial charge in [-0.1, -0.05) is 0 Å². The molecule has 1 aliphatic rings. The van der Waals surface area contributed by atoms with Crippen LogP contribution in [0.2, 0.25) is 0 Å². The van der Waals surface area contributed by atoms with Crippen molar-refractivity contribution in [3.05, 3.63) is 47.9 Å². The van der Waals surface area contributed by atoms with Gasteiger partial charge in [0.15, 0.2) is 11.5 Å². The molecule has 3 aromatic rings. The standard InChI is InChI=1S/C20H19F2N7O/c21-13-4-15(22)20(17(5-13)30-11-12-2-1-3-24-8-12)16-6-18(29-28-16)27-19-10-25-14(7-23)9-26-19/h4-6,9-10,12,24H,1-3,8,11H2,(H2,26,27,28,29)/t12-/m0/s1. The number of H-pyrrole nitrogens is 1. The second-order valence-electron chi connectivity index (χ2n) is 6.97. The van der Waals surface area contributed by atoms with Crippen molar-refractivity contribution in [1.82, 2.24) is 25.5 Å². The maximum absolute atomic E-state index is 14.6. The van der Waals surface area contributed by atoms with Crippen molar-refractivity contribution in [1.29, 1.82) is 5.26 Å². The van der Waals surface area contributed by atoms with Gasteiger partial charge in [-0.25, -0.2) is 18.7 Å². The number of ether oxygens (including phenoxy) is 1. The smallest absolute Gasteiger partial charge is 0.158 e. The Kier molecular flexibility index (Phi) is 5.81. The van der Waals surface area contributed by atoms with Gasteiger partial charge in [0.25, 0.3) is 0 Å². The summed E-state index contributed by atoms with van der Waals surface area (Å²) >= 11 is 0. The van der Waals surface area contributed by atoms with Gasteiger partial charge in [-0.3, -0.25) is 5.10 Å². The molecular formula is C20H19F2N7O. The van der Waals surface area contributed by atoms with Crippen LogP contribution in [0.5, 0.6) is 5.75 Å². The lowest BCUT2D eigenvalue weighted by molar-refractivity contribution is 0.218. The number of hydrogen-bond acceptors (Lipinski definition) is 7. The molecule has 0 saturated carbocycles. The summed E-state index contributed by atoms with van der Waals surface area (Å²) in [6, 6.07) is 5.43. The lowest BCUT2D eigenvalue weighted by Gasteiger charge is -2.23. The van der Waals surface area contributed by atoms with Gasteiger partial charge in [-0.15, -0.1) is 0 Å². The Morgan fingerprint density at radius 3 is 2.83 bits per heavy atom. The topological polar surface area (TPSA) is 112 Å². The molecule has 4 rings (SSSR count). The molecule has 10 heteroatoms. The second kappa shape index (κ2) is 8.84. The molecule has 3 heterocycles. The number of nitriles is 1. The number of piperidine rings is 1. The Morgan fingerprint density at radius 1 is 1.20 bits per heavy atom. The van der Waals surface area contributed by atoms with Gasteiger partial charge < -0.3 is 15.4 Å². The zero-order valence-corrected chi connectivity index (χ0v) is 16.0. The minimum atomic E-state index is -0.750. The number of aromatic nitrogens is 4. The van der Waals surface area contributed by atoms with Crippen LogP contribution in [0.25, 0.3) is 11.3 Å². The van der Waals surface area contributed by atoms with Crippen LogP contribution in [0.4, 0.5) is 20.4 Å². The van der Waals surface area contributed by atoms with E-state index < -0.39 is 11.6 Å². The molecule has 0 unspecified atom stereocenters. The third-order valence-corrected chi connectivity index (χ3v) is 4.76. The van der Waals surface area contributed by atoms with Crippen LogP contribution in [0.3, 0.4) is 0 Å². The maximum Gasteiger partial charge on any atom is 0.158 e. The Morgan fingerprint density at radius 2 is 2.10 bits per heavy atom. The number of nitrogens with zero attached hydrogens (tertiary/aromatic N) is 4.